The zero-order chi connectivity index (χ0) is 14.4. The molecule has 2 aromatic rings. The summed E-state index contributed by atoms with van der Waals surface area (Å²) < 4.78 is 0. The Bertz CT molecular complexity index is 621. The maximum Gasteiger partial charge on any atom is 0.335 e. The lowest BCUT2D eigenvalue weighted by Crippen LogP contribution is -2.03. The summed E-state index contributed by atoms with van der Waals surface area (Å²) in [4.78, 5) is 10.9. The summed E-state index contributed by atoms with van der Waals surface area (Å²) in [6.07, 6.45) is 0.787. The summed E-state index contributed by atoms with van der Waals surface area (Å²) >= 11 is 0. The van der Waals surface area contributed by atoms with Gasteiger partial charge in [-0.3, -0.25) is 5.43 Å². The number of nitrogens with one attached hydrogen (secondary N) is 1. The number of carboxylic acid groups (broad SMARTS) is 1. The molecule has 0 aliphatic carbocycles. The lowest BCUT2D eigenvalue weighted by Gasteiger charge is -2.06. The molecule has 0 spiro atoms. The van der Waals surface area contributed by atoms with Crippen LogP contribution >= 0.6 is 0 Å². The largest absolute Gasteiger partial charge is 0.478 e. The van der Waals surface area contributed by atoms with Crippen molar-refractivity contribution >= 4 is 17.4 Å². The molecule has 20 heavy (non-hydrogen) atoms. The highest BCUT2D eigenvalue weighted by Crippen LogP contribution is 2.12. The molecule has 0 unspecified atom stereocenters. The first-order valence-electron chi connectivity index (χ1n) is 6.42. The molecule has 0 saturated carbocycles. The van der Waals surface area contributed by atoms with Gasteiger partial charge in [0.05, 0.1) is 17.0 Å². The summed E-state index contributed by atoms with van der Waals surface area (Å²) in [6.45, 7) is 2.03. The second-order valence-electron chi connectivity index (χ2n) is 4.28. The SMILES string of the molecule is CC/C(=N\Nc1cccc(C(=O)O)c1)c1ccccc1. The first kappa shape index (κ1) is 13.8. The maximum absolute atomic E-state index is 10.9. The zero-order valence-corrected chi connectivity index (χ0v) is 11.2. The highest BCUT2D eigenvalue weighted by atomic mass is 16.4. The van der Waals surface area contributed by atoms with Gasteiger partial charge in [-0.15, -0.1) is 0 Å². The average Bonchev–Trinajstić information content (AvgIpc) is 2.49. The van der Waals surface area contributed by atoms with Gasteiger partial charge in [0.25, 0.3) is 0 Å². The van der Waals surface area contributed by atoms with Crippen molar-refractivity contribution in [1.29, 1.82) is 0 Å². The minimum atomic E-state index is -0.948. The van der Waals surface area contributed by atoms with Gasteiger partial charge in [0.1, 0.15) is 0 Å². The Morgan fingerprint density at radius 1 is 1.10 bits per heavy atom. The molecule has 0 radical (unpaired) electrons. The van der Waals surface area contributed by atoms with Gasteiger partial charge in [0.2, 0.25) is 0 Å². The minimum Gasteiger partial charge on any atom is -0.478 e. The highest BCUT2D eigenvalue weighted by Gasteiger charge is 2.03. The molecule has 0 fully saturated rings. The first-order valence-corrected chi connectivity index (χ1v) is 6.42. The number of benzene rings is 2. The van der Waals surface area contributed by atoms with Crippen molar-refractivity contribution in [3.8, 4) is 0 Å². The van der Waals surface area contributed by atoms with E-state index in [1.54, 1.807) is 24.3 Å². The van der Waals surface area contributed by atoms with Crippen molar-refractivity contribution in [3.63, 3.8) is 0 Å². The van der Waals surface area contributed by atoms with Crippen LogP contribution in [-0.4, -0.2) is 16.8 Å². The number of carboxylic acids is 1. The van der Waals surface area contributed by atoms with Crippen LogP contribution in [0.4, 0.5) is 5.69 Å². The molecule has 2 aromatic carbocycles. The van der Waals surface area contributed by atoms with E-state index in [4.69, 9.17) is 5.11 Å². The fourth-order valence-electron chi connectivity index (χ4n) is 1.83. The quantitative estimate of drug-likeness (QED) is 0.643. The Kier molecular flexibility index (Phi) is 4.50. The van der Waals surface area contributed by atoms with E-state index in [1.807, 2.05) is 37.3 Å². The Balaban J connectivity index is 2.19. The monoisotopic (exact) mass is 268 g/mol. The van der Waals surface area contributed by atoms with Gasteiger partial charge >= 0.3 is 5.97 Å². The van der Waals surface area contributed by atoms with Gasteiger partial charge in [-0.2, -0.15) is 5.10 Å². The van der Waals surface area contributed by atoms with E-state index in [9.17, 15) is 4.79 Å². The molecule has 2 N–H and O–H groups in total. The minimum absolute atomic E-state index is 0.239. The number of hydrogen-bond donors (Lipinski definition) is 2. The molecule has 4 nitrogen and oxygen atoms in total. The lowest BCUT2D eigenvalue weighted by atomic mass is 10.1. The molecule has 0 atom stereocenters. The van der Waals surface area contributed by atoms with Crippen LogP contribution < -0.4 is 5.43 Å². The van der Waals surface area contributed by atoms with Gasteiger partial charge in [0, 0.05) is 0 Å². The molecule has 0 amide bonds. The summed E-state index contributed by atoms with van der Waals surface area (Å²) in [6, 6.07) is 16.5. The Hall–Kier alpha value is -2.62. The number of carbonyl (C=O) groups is 1. The molecule has 0 aromatic heterocycles. The topological polar surface area (TPSA) is 61.7 Å². The lowest BCUT2D eigenvalue weighted by molar-refractivity contribution is 0.0697. The molecule has 0 bridgehead atoms. The predicted octanol–water partition coefficient (Wildman–Crippen LogP) is 3.61. The predicted molar refractivity (Wildman–Crippen MR) is 80.3 cm³/mol. The van der Waals surface area contributed by atoms with Crippen molar-refractivity contribution in [2.24, 2.45) is 5.10 Å². The maximum atomic E-state index is 10.9. The third kappa shape index (κ3) is 3.45. The van der Waals surface area contributed by atoms with Crippen molar-refractivity contribution in [2.75, 3.05) is 5.43 Å². The number of aromatic carboxylic acids is 1. The van der Waals surface area contributed by atoms with Crippen LogP contribution in [0.15, 0.2) is 59.7 Å². The molecule has 0 saturated heterocycles. The molecule has 4 heteroatoms. The molecule has 102 valence electrons. The Morgan fingerprint density at radius 3 is 2.45 bits per heavy atom. The summed E-state index contributed by atoms with van der Waals surface area (Å²) in [5.41, 5.74) is 5.79. The average molecular weight is 268 g/mol. The van der Waals surface area contributed by atoms with E-state index in [0.717, 1.165) is 17.7 Å². The van der Waals surface area contributed by atoms with Crippen molar-refractivity contribution in [2.45, 2.75) is 13.3 Å². The third-order valence-electron chi connectivity index (χ3n) is 2.87. The Labute approximate surface area is 117 Å². The molecule has 0 heterocycles. The van der Waals surface area contributed by atoms with Gasteiger partial charge in [-0.25, -0.2) is 4.79 Å². The standard InChI is InChI=1S/C16H16N2O2/c1-2-15(12-7-4-3-5-8-12)18-17-14-10-6-9-13(11-14)16(19)20/h3-11,17H,2H2,1H3,(H,19,20)/b18-15+. The number of hydrazone groups is 1. The second kappa shape index (κ2) is 6.52. The summed E-state index contributed by atoms with van der Waals surface area (Å²) in [5.74, 6) is -0.948. The molecule has 0 aliphatic heterocycles. The van der Waals surface area contributed by atoms with Crippen LogP contribution in [0.5, 0.6) is 0 Å². The number of anilines is 1. The van der Waals surface area contributed by atoms with Crippen molar-refractivity contribution < 1.29 is 9.90 Å². The molecule has 0 aliphatic rings. The van der Waals surface area contributed by atoms with E-state index in [-0.39, 0.29) is 5.56 Å². The van der Waals surface area contributed by atoms with E-state index < -0.39 is 5.97 Å². The fraction of sp³-hybridized carbons (Fsp3) is 0.125. The van der Waals surface area contributed by atoms with E-state index in [1.165, 1.54) is 0 Å². The third-order valence-corrected chi connectivity index (χ3v) is 2.87. The van der Waals surface area contributed by atoms with Crippen LogP contribution in [0.2, 0.25) is 0 Å². The van der Waals surface area contributed by atoms with E-state index in [2.05, 4.69) is 10.5 Å². The Morgan fingerprint density at radius 2 is 1.80 bits per heavy atom. The van der Waals surface area contributed by atoms with Gasteiger partial charge < -0.3 is 5.11 Å². The fourth-order valence-corrected chi connectivity index (χ4v) is 1.83. The number of nitrogens with zero attached hydrogens (tertiary/aromatic N) is 1. The molecule has 2 rings (SSSR count). The zero-order valence-electron chi connectivity index (χ0n) is 11.2. The number of hydrogen-bond acceptors (Lipinski definition) is 3. The van der Waals surface area contributed by atoms with Gasteiger partial charge in [-0.05, 0) is 30.2 Å². The first-order chi connectivity index (χ1) is 9.70. The summed E-state index contributed by atoms with van der Waals surface area (Å²) in [7, 11) is 0. The van der Waals surface area contributed by atoms with E-state index >= 15 is 0 Å². The second-order valence-corrected chi connectivity index (χ2v) is 4.28. The van der Waals surface area contributed by atoms with Crippen LogP contribution in [-0.2, 0) is 0 Å². The summed E-state index contributed by atoms with van der Waals surface area (Å²) in [5, 5.41) is 13.3. The smallest absolute Gasteiger partial charge is 0.335 e. The normalized spacial score (nSPS) is 11.2. The van der Waals surface area contributed by atoms with Crippen molar-refractivity contribution in [1.82, 2.24) is 0 Å². The van der Waals surface area contributed by atoms with Crippen LogP contribution in [0, 0.1) is 0 Å². The van der Waals surface area contributed by atoms with Gasteiger partial charge in [-0.1, -0.05) is 43.3 Å². The van der Waals surface area contributed by atoms with Crippen LogP contribution in [0.1, 0.15) is 29.3 Å². The van der Waals surface area contributed by atoms with Crippen molar-refractivity contribution in [3.05, 3.63) is 65.7 Å². The van der Waals surface area contributed by atoms with Crippen LogP contribution in [0.25, 0.3) is 0 Å². The van der Waals surface area contributed by atoms with Gasteiger partial charge in [0.15, 0.2) is 0 Å². The van der Waals surface area contributed by atoms with E-state index in [0.29, 0.717) is 5.69 Å². The van der Waals surface area contributed by atoms with Crippen LogP contribution in [0.3, 0.4) is 0 Å². The molecular formula is C16H16N2O2. The number of rotatable bonds is 5. The molecular weight excluding hydrogens is 252 g/mol. The highest BCUT2D eigenvalue weighted by molar-refractivity contribution is 6.00.